The minimum Gasteiger partial charge on any atom is -0.357 e. The molecule has 0 fully saturated rings. The first-order valence-corrected chi connectivity index (χ1v) is 10.3. The van der Waals surface area contributed by atoms with Crippen LogP contribution < -0.4 is 16.2 Å². The molecule has 1 amide bonds. The number of aryl methyl sites for hydroxylation is 1. The third-order valence-corrected chi connectivity index (χ3v) is 5.44. The minimum absolute atomic E-state index is 0.107. The van der Waals surface area contributed by atoms with Crippen molar-refractivity contribution < 1.29 is 4.79 Å². The van der Waals surface area contributed by atoms with E-state index in [0.29, 0.717) is 18.7 Å². The Balaban J connectivity index is 1.26. The molecule has 0 bridgehead atoms. The lowest BCUT2D eigenvalue weighted by Gasteiger charge is -2.06. The third kappa shape index (κ3) is 4.03. The Morgan fingerprint density at radius 1 is 1.03 bits per heavy atom. The lowest BCUT2D eigenvalue weighted by Crippen LogP contribution is -2.14. The molecule has 0 aliphatic rings. The van der Waals surface area contributed by atoms with Crippen molar-refractivity contribution in [3.8, 4) is 0 Å². The number of rotatable bonds is 6. The van der Waals surface area contributed by atoms with Gasteiger partial charge in [0.25, 0.3) is 5.91 Å². The Morgan fingerprint density at radius 3 is 2.78 bits per heavy atom. The zero-order chi connectivity index (χ0) is 22.1. The first-order chi connectivity index (χ1) is 15.5. The lowest BCUT2D eigenvalue weighted by atomic mass is 10.1. The topological polar surface area (TPSA) is 108 Å². The maximum Gasteiger partial charge on any atom is 0.255 e. The minimum atomic E-state index is -0.163. The number of pyridine rings is 1. The largest absolute Gasteiger partial charge is 0.357 e. The highest BCUT2D eigenvalue weighted by atomic mass is 16.1. The van der Waals surface area contributed by atoms with E-state index >= 15 is 0 Å². The van der Waals surface area contributed by atoms with Crippen LogP contribution in [0.5, 0.6) is 0 Å². The number of H-pyrrole nitrogens is 2. The summed E-state index contributed by atoms with van der Waals surface area (Å²) >= 11 is 0. The molecule has 8 nitrogen and oxygen atoms in total. The van der Waals surface area contributed by atoms with Crippen molar-refractivity contribution in [3.05, 3.63) is 94.2 Å². The van der Waals surface area contributed by atoms with E-state index in [9.17, 15) is 9.59 Å². The summed E-state index contributed by atoms with van der Waals surface area (Å²) < 4.78 is 1.78. The SMILES string of the molecule is Cn1ncc2cc(C(=O)Nc3ccc4cc(CNCc5ccc(=O)[nH]c5)[nH]c4c3)ccc21. The molecule has 0 spiro atoms. The molecule has 0 aliphatic heterocycles. The molecular formula is C24H22N6O2. The average Bonchev–Trinajstić information content (AvgIpc) is 3.37. The Hall–Kier alpha value is -4.17. The molecule has 0 saturated heterocycles. The number of hydrogen-bond acceptors (Lipinski definition) is 4. The maximum atomic E-state index is 12.7. The predicted octanol–water partition coefficient (Wildman–Crippen LogP) is 3.29. The van der Waals surface area contributed by atoms with Crippen molar-refractivity contribution in [3.63, 3.8) is 0 Å². The van der Waals surface area contributed by atoms with Gasteiger partial charge in [0.1, 0.15) is 0 Å². The summed E-state index contributed by atoms with van der Waals surface area (Å²) in [6.45, 7) is 1.30. The number of carbonyl (C=O) groups is 1. The standard InChI is InChI=1S/C24H22N6O2/c1-30-22-6-4-17(8-18(22)13-27-30)24(32)29-19-5-3-16-9-20(28-21(16)10-19)14-25-11-15-2-7-23(31)26-12-15/h2-10,12-13,25,28H,11,14H2,1H3,(H,26,31)(H,29,32). The zero-order valence-corrected chi connectivity index (χ0v) is 17.5. The van der Waals surface area contributed by atoms with Crippen molar-refractivity contribution in [2.24, 2.45) is 7.05 Å². The van der Waals surface area contributed by atoms with E-state index in [1.807, 2.05) is 37.4 Å². The van der Waals surface area contributed by atoms with Crippen molar-refractivity contribution in [2.75, 3.05) is 5.32 Å². The molecule has 5 rings (SSSR count). The van der Waals surface area contributed by atoms with Gasteiger partial charge in [0.2, 0.25) is 5.56 Å². The van der Waals surface area contributed by atoms with Crippen LogP contribution in [0.2, 0.25) is 0 Å². The van der Waals surface area contributed by atoms with Gasteiger partial charge in [-0.3, -0.25) is 14.3 Å². The van der Waals surface area contributed by atoms with E-state index < -0.39 is 0 Å². The third-order valence-electron chi connectivity index (χ3n) is 5.44. The summed E-state index contributed by atoms with van der Waals surface area (Å²) in [4.78, 5) is 29.9. The number of fused-ring (bicyclic) bond motifs is 2. The van der Waals surface area contributed by atoms with Gasteiger partial charge in [-0.05, 0) is 47.3 Å². The van der Waals surface area contributed by atoms with Gasteiger partial charge in [0.15, 0.2) is 0 Å². The van der Waals surface area contributed by atoms with Crippen LogP contribution in [-0.4, -0.2) is 25.7 Å². The molecular weight excluding hydrogens is 404 g/mol. The van der Waals surface area contributed by atoms with E-state index in [1.165, 1.54) is 6.07 Å². The average molecular weight is 426 g/mol. The first-order valence-electron chi connectivity index (χ1n) is 10.3. The number of amides is 1. The summed E-state index contributed by atoms with van der Waals surface area (Å²) in [5, 5.41) is 12.5. The summed E-state index contributed by atoms with van der Waals surface area (Å²) in [5.41, 5.74) is 5.19. The number of anilines is 1. The molecule has 8 heteroatoms. The fourth-order valence-electron chi connectivity index (χ4n) is 3.76. The number of nitrogens with one attached hydrogen (secondary N) is 4. The molecule has 3 aromatic heterocycles. The highest BCUT2D eigenvalue weighted by Crippen LogP contribution is 2.21. The van der Waals surface area contributed by atoms with Gasteiger partial charge in [-0.1, -0.05) is 12.1 Å². The molecule has 4 N–H and O–H groups in total. The van der Waals surface area contributed by atoms with Crippen LogP contribution >= 0.6 is 0 Å². The second-order valence-electron chi connectivity index (χ2n) is 7.76. The van der Waals surface area contributed by atoms with Crippen LogP contribution in [-0.2, 0) is 20.1 Å². The van der Waals surface area contributed by atoms with Crippen LogP contribution in [0, 0.1) is 0 Å². The van der Waals surface area contributed by atoms with Gasteiger partial charge >= 0.3 is 0 Å². The molecule has 2 aromatic carbocycles. The van der Waals surface area contributed by atoms with E-state index in [4.69, 9.17) is 0 Å². The van der Waals surface area contributed by atoms with Crippen molar-refractivity contribution in [1.82, 2.24) is 25.1 Å². The zero-order valence-electron chi connectivity index (χ0n) is 17.5. The Morgan fingerprint density at radius 2 is 1.94 bits per heavy atom. The highest BCUT2D eigenvalue weighted by Gasteiger charge is 2.10. The van der Waals surface area contributed by atoms with Crippen LogP contribution in [0.25, 0.3) is 21.8 Å². The van der Waals surface area contributed by atoms with Crippen LogP contribution in [0.3, 0.4) is 0 Å². The number of aromatic nitrogens is 4. The second-order valence-corrected chi connectivity index (χ2v) is 7.76. The summed E-state index contributed by atoms with van der Waals surface area (Å²) in [5.74, 6) is -0.163. The van der Waals surface area contributed by atoms with Gasteiger partial charge in [-0.2, -0.15) is 5.10 Å². The molecule has 5 aromatic rings. The van der Waals surface area contributed by atoms with Gasteiger partial charge in [-0.25, -0.2) is 0 Å². The Labute approximate surface area is 183 Å². The molecule has 0 radical (unpaired) electrons. The number of hydrogen-bond donors (Lipinski definition) is 4. The number of benzene rings is 2. The van der Waals surface area contributed by atoms with Gasteiger partial charge in [0, 0.05) is 60.2 Å². The Bertz CT molecular complexity index is 1470. The Kier molecular flexibility index (Phi) is 5.04. The fraction of sp³-hybridized carbons (Fsp3) is 0.125. The summed E-state index contributed by atoms with van der Waals surface area (Å²) in [6.07, 6.45) is 3.46. The van der Waals surface area contributed by atoms with Gasteiger partial charge < -0.3 is 20.6 Å². The number of aromatic amines is 2. The smallest absolute Gasteiger partial charge is 0.255 e. The van der Waals surface area contributed by atoms with Crippen LogP contribution in [0.4, 0.5) is 5.69 Å². The molecule has 160 valence electrons. The molecule has 32 heavy (non-hydrogen) atoms. The maximum absolute atomic E-state index is 12.7. The van der Waals surface area contributed by atoms with Gasteiger partial charge in [-0.15, -0.1) is 0 Å². The summed E-state index contributed by atoms with van der Waals surface area (Å²) in [6, 6.07) is 16.8. The molecule has 3 heterocycles. The van der Waals surface area contributed by atoms with E-state index in [1.54, 1.807) is 29.2 Å². The number of nitrogens with zero attached hydrogens (tertiary/aromatic N) is 2. The first kappa shape index (κ1) is 19.8. The van der Waals surface area contributed by atoms with E-state index in [-0.39, 0.29) is 11.5 Å². The highest BCUT2D eigenvalue weighted by molar-refractivity contribution is 6.06. The summed E-state index contributed by atoms with van der Waals surface area (Å²) in [7, 11) is 1.88. The quantitative estimate of drug-likeness (QED) is 0.334. The van der Waals surface area contributed by atoms with Crippen LogP contribution in [0.15, 0.2) is 71.8 Å². The van der Waals surface area contributed by atoms with Crippen molar-refractivity contribution >= 4 is 33.4 Å². The predicted molar refractivity (Wildman–Crippen MR) is 125 cm³/mol. The molecule has 0 atom stereocenters. The number of carbonyl (C=O) groups excluding carboxylic acids is 1. The van der Waals surface area contributed by atoms with Gasteiger partial charge in [0.05, 0.1) is 11.7 Å². The second kappa shape index (κ2) is 8.16. The van der Waals surface area contributed by atoms with Crippen molar-refractivity contribution in [2.45, 2.75) is 13.1 Å². The van der Waals surface area contributed by atoms with E-state index in [0.717, 1.165) is 38.8 Å². The van der Waals surface area contributed by atoms with Crippen LogP contribution in [0.1, 0.15) is 21.6 Å². The lowest BCUT2D eigenvalue weighted by molar-refractivity contribution is 0.102. The molecule has 0 aliphatic carbocycles. The monoisotopic (exact) mass is 426 g/mol. The van der Waals surface area contributed by atoms with E-state index in [2.05, 4.69) is 31.8 Å². The molecule has 0 saturated carbocycles. The van der Waals surface area contributed by atoms with Crippen molar-refractivity contribution in [1.29, 1.82) is 0 Å². The normalized spacial score (nSPS) is 11.3. The molecule has 0 unspecified atom stereocenters. The fourth-order valence-corrected chi connectivity index (χ4v) is 3.76.